The topological polar surface area (TPSA) is 30.7 Å². The summed E-state index contributed by atoms with van der Waals surface area (Å²) >= 11 is 7.91. The molecule has 0 radical (unpaired) electrons. The molecule has 0 spiro atoms. The summed E-state index contributed by atoms with van der Waals surface area (Å²) in [5.74, 6) is 2.65. The van der Waals surface area contributed by atoms with Gasteiger partial charge in [-0.25, -0.2) is 0 Å². The zero-order valence-corrected chi connectivity index (χ0v) is 12.0. The van der Waals surface area contributed by atoms with Crippen LogP contribution in [0.15, 0.2) is 53.4 Å². The lowest BCUT2D eigenvalue weighted by Gasteiger charge is -2.19. The third-order valence-corrected chi connectivity index (χ3v) is 4.57. The molecule has 1 aromatic heterocycles. The highest BCUT2D eigenvalue weighted by molar-refractivity contribution is 7.98. The van der Waals surface area contributed by atoms with Crippen LogP contribution in [0.2, 0.25) is 5.02 Å². The Morgan fingerprint density at radius 2 is 1.90 bits per heavy atom. The molecule has 0 fully saturated rings. The van der Waals surface area contributed by atoms with E-state index in [1.807, 2.05) is 42.5 Å². The quantitative estimate of drug-likeness (QED) is 0.675. The number of fused-ring (bicyclic) bond motifs is 3. The zero-order valence-electron chi connectivity index (χ0n) is 10.5. The molecule has 1 aliphatic heterocycles. The summed E-state index contributed by atoms with van der Waals surface area (Å²) < 4.78 is 2.10. The molecule has 98 valence electrons. The molecule has 0 unspecified atom stereocenters. The van der Waals surface area contributed by atoms with E-state index in [2.05, 4.69) is 20.8 Å². The van der Waals surface area contributed by atoms with Gasteiger partial charge >= 0.3 is 0 Å². The summed E-state index contributed by atoms with van der Waals surface area (Å²) in [5, 5.41) is 9.39. The highest BCUT2D eigenvalue weighted by Gasteiger charge is 2.22. The standard InChI is InChI=1S/C15H10ClN3S/c16-11-6-7-13-12(8-11)19-14(9-20-13)17-18-15(19)10-4-2-1-3-5-10/h1-8H,9H2. The molecule has 2 aromatic carbocycles. The number of hydrogen-bond donors (Lipinski definition) is 0. The van der Waals surface area contributed by atoms with E-state index in [0.29, 0.717) is 0 Å². The lowest BCUT2D eigenvalue weighted by atomic mass is 10.2. The maximum Gasteiger partial charge on any atom is 0.168 e. The smallest absolute Gasteiger partial charge is 0.168 e. The number of rotatable bonds is 1. The van der Waals surface area contributed by atoms with Gasteiger partial charge in [0.25, 0.3) is 0 Å². The first-order chi connectivity index (χ1) is 9.83. The van der Waals surface area contributed by atoms with Crippen LogP contribution in [0.25, 0.3) is 17.1 Å². The molecule has 2 heterocycles. The van der Waals surface area contributed by atoms with E-state index in [0.717, 1.165) is 33.7 Å². The van der Waals surface area contributed by atoms with E-state index < -0.39 is 0 Å². The third-order valence-electron chi connectivity index (χ3n) is 3.28. The minimum absolute atomic E-state index is 0.727. The Labute approximate surface area is 125 Å². The third kappa shape index (κ3) is 1.84. The lowest BCUT2D eigenvalue weighted by molar-refractivity contribution is 0.923. The van der Waals surface area contributed by atoms with Crippen molar-refractivity contribution in [1.82, 2.24) is 14.8 Å². The van der Waals surface area contributed by atoms with Crippen molar-refractivity contribution in [3.8, 4) is 17.1 Å². The van der Waals surface area contributed by atoms with Gasteiger partial charge in [-0.15, -0.1) is 22.0 Å². The van der Waals surface area contributed by atoms with E-state index >= 15 is 0 Å². The summed E-state index contributed by atoms with van der Waals surface area (Å²) in [6.45, 7) is 0. The van der Waals surface area contributed by atoms with Crippen LogP contribution in [0.5, 0.6) is 0 Å². The molecule has 0 saturated carbocycles. The zero-order chi connectivity index (χ0) is 13.5. The van der Waals surface area contributed by atoms with Crippen LogP contribution < -0.4 is 0 Å². The van der Waals surface area contributed by atoms with Crippen molar-refractivity contribution in [2.24, 2.45) is 0 Å². The predicted octanol–water partition coefficient (Wildman–Crippen LogP) is 4.19. The van der Waals surface area contributed by atoms with Crippen LogP contribution >= 0.6 is 23.4 Å². The van der Waals surface area contributed by atoms with Crippen molar-refractivity contribution in [3.05, 3.63) is 59.4 Å². The Morgan fingerprint density at radius 3 is 2.75 bits per heavy atom. The summed E-state index contributed by atoms with van der Waals surface area (Å²) in [5.41, 5.74) is 2.12. The molecular weight excluding hydrogens is 290 g/mol. The minimum atomic E-state index is 0.727. The first-order valence-electron chi connectivity index (χ1n) is 6.25. The average Bonchev–Trinajstić information content (AvgIpc) is 2.92. The van der Waals surface area contributed by atoms with Gasteiger partial charge in [-0.3, -0.25) is 4.57 Å². The van der Waals surface area contributed by atoms with E-state index in [4.69, 9.17) is 11.6 Å². The fourth-order valence-corrected chi connectivity index (χ4v) is 3.47. The molecule has 1 aliphatic rings. The fraction of sp³-hybridized carbons (Fsp3) is 0.0667. The van der Waals surface area contributed by atoms with Crippen molar-refractivity contribution in [1.29, 1.82) is 0 Å². The Hall–Kier alpha value is -1.78. The van der Waals surface area contributed by atoms with Crippen LogP contribution in [0.4, 0.5) is 0 Å². The second-order valence-electron chi connectivity index (χ2n) is 4.54. The van der Waals surface area contributed by atoms with Gasteiger partial charge in [0.1, 0.15) is 5.82 Å². The van der Waals surface area contributed by atoms with Gasteiger partial charge in [-0.05, 0) is 18.2 Å². The summed E-state index contributed by atoms with van der Waals surface area (Å²) in [4.78, 5) is 1.21. The Balaban J connectivity index is 1.98. The van der Waals surface area contributed by atoms with E-state index in [-0.39, 0.29) is 0 Å². The second kappa shape index (κ2) is 4.65. The normalized spacial score (nSPS) is 12.8. The van der Waals surface area contributed by atoms with Crippen LogP contribution in [-0.4, -0.2) is 14.8 Å². The minimum Gasteiger partial charge on any atom is -0.277 e. The summed E-state index contributed by atoms with van der Waals surface area (Å²) in [6, 6.07) is 16.1. The molecule has 4 rings (SSSR count). The number of halogens is 1. The number of hydrogen-bond acceptors (Lipinski definition) is 3. The number of aromatic nitrogens is 3. The second-order valence-corrected chi connectivity index (χ2v) is 6.00. The Bertz CT molecular complexity index is 783. The van der Waals surface area contributed by atoms with Crippen molar-refractivity contribution in [2.45, 2.75) is 10.6 Å². The van der Waals surface area contributed by atoms with Crippen molar-refractivity contribution < 1.29 is 0 Å². The molecule has 0 aliphatic carbocycles. The highest BCUT2D eigenvalue weighted by Crippen LogP contribution is 2.38. The molecule has 5 heteroatoms. The van der Waals surface area contributed by atoms with Gasteiger partial charge in [-0.1, -0.05) is 41.9 Å². The monoisotopic (exact) mass is 299 g/mol. The van der Waals surface area contributed by atoms with Crippen molar-refractivity contribution in [2.75, 3.05) is 0 Å². The number of nitrogens with zero attached hydrogens (tertiary/aromatic N) is 3. The van der Waals surface area contributed by atoms with Gasteiger partial charge in [0, 0.05) is 15.5 Å². The molecule has 3 nitrogen and oxygen atoms in total. The summed E-state index contributed by atoms with van der Waals surface area (Å²) in [6.07, 6.45) is 0. The van der Waals surface area contributed by atoms with Crippen LogP contribution in [0, 0.1) is 0 Å². The number of thioether (sulfide) groups is 1. The van der Waals surface area contributed by atoms with E-state index in [9.17, 15) is 0 Å². The SMILES string of the molecule is Clc1ccc2c(c1)-n1c(nnc1-c1ccccc1)CS2. The van der Waals surface area contributed by atoms with Crippen LogP contribution in [0.3, 0.4) is 0 Å². The molecule has 3 aromatic rings. The molecule has 0 amide bonds. The highest BCUT2D eigenvalue weighted by atomic mass is 35.5. The molecule has 0 saturated heterocycles. The maximum atomic E-state index is 6.15. The summed E-state index contributed by atoms with van der Waals surface area (Å²) in [7, 11) is 0. The Kier molecular flexibility index (Phi) is 2.79. The number of benzene rings is 2. The Morgan fingerprint density at radius 1 is 1.05 bits per heavy atom. The first-order valence-corrected chi connectivity index (χ1v) is 7.62. The average molecular weight is 300 g/mol. The molecular formula is C15H10ClN3S. The lowest BCUT2D eigenvalue weighted by Crippen LogP contribution is -2.08. The largest absolute Gasteiger partial charge is 0.277 e. The molecule has 0 N–H and O–H groups in total. The molecule has 20 heavy (non-hydrogen) atoms. The molecule has 0 atom stereocenters. The van der Waals surface area contributed by atoms with Gasteiger partial charge < -0.3 is 0 Å². The van der Waals surface area contributed by atoms with Gasteiger partial charge in [0.15, 0.2) is 5.82 Å². The van der Waals surface area contributed by atoms with Gasteiger partial charge in [-0.2, -0.15) is 0 Å². The predicted molar refractivity (Wildman–Crippen MR) is 81.4 cm³/mol. The fourth-order valence-electron chi connectivity index (χ4n) is 2.37. The van der Waals surface area contributed by atoms with E-state index in [1.165, 1.54) is 4.90 Å². The maximum absolute atomic E-state index is 6.15. The van der Waals surface area contributed by atoms with Crippen molar-refractivity contribution >= 4 is 23.4 Å². The van der Waals surface area contributed by atoms with E-state index in [1.54, 1.807) is 11.8 Å². The van der Waals surface area contributed by atoms with Crippen LogP contribution in [-0.2, 0) is 5.75 Å². The van der Waals surface area contributed by atoms with Crippen molar-refractivity contribution in [3.63, 3.8) is 0 Å². The van der Waals surface area contributed by atoms with Gasteiger partial charge in [0.2, 0.25) is 0 Å². The molecule has 0 bridgehead atoms. The first kappa shape index (κ1) is 12.0. The van der Waals surface area contributed by atoms with Crippen LogP contribution in [0.1, 0.15) is 5.82 Å². The van der Waals surface area contributed by atoms with Gasteiger partial charge in [0.05, 0.1) is 11.4 Å².